The number of fused-ring (bicyclic) bond motifs is 3. The summed E-state index contributed by atoms with van der Waals surface area (Å²) >= 11 is 5.99. The van der Waals surface area contributed by atoms with Gasteiger partial charge in [-0.25, -0.2) is 9.37 Å². The third-order valence-corrected chi connectivity index (χ3v) is 3.93. The summed E-state index contributed by atoms with van der Waals surface area (Å²) < 4.78 is 14.6. The number of aromatic nitrogens is 4. The molecule has 4 aromatic rings. The van der Waals surface area contributed by atoms with Gasteiger partial charge < -0.3 is 0 Å². The van der Waals surface area contributed by atoms with Gasteiger partial charge in [0.2, 0.25) is 0 Å². The van der Waals surface area contributed by atoms with Crippen molar-refractivity contribution in [3.05, 3.63) is 70.5 Å². The van der Waals surface area contributed by atoms with E-state index in [2.05, 4.69) is 15.1 Å². The lowest BCUT2D eigenvalue weighted by Gasteiger charge is -2.09. The van der Waals surface area contributed by atoms with Crippen molar-refractivity contribution in [2.75, 3.05) is 0 Å². The Bertz CT molecular complexity index is 1130. The molecule has 0 spiro atoms. The quantitative estimate of drug-likeness (QED) is 0.415. The minimum atomic E-state index is -0.488. The summed E-state index contributed by atoms with van der Waals surface area (Å²) in [5.41, 5.74) is 1.20. The second-order valence-corrected chi connectivity index (χ2v) is 5.45. The first kappa shape index (κ1) is 14.7. The predicted octanol–water partition coefficient (Wildman–Crippen LogP) is 3.18. The molecule has 0 unspecified atom stereocenters. The molecule has 0 N–H and O–H groups in total. The first-order valence-corrected chi connectivity index (χ1v) is 7.71. The Morgan fingerprint density at radius 1 is 1.04 bits per heavy atom. The SMILES string of the molecule is O=c1nc2c3ccccc3nc(CCl)n2nc1-c1ccc(F)cc1. The highest BCUT2D eigenvalue weighted by atomic mass is 35.5. The Morgan fingerprint density at radius 2 is 1.79 bits per heavy atom. The minimum absolute atomic E-state index is 0.113. The fraction of sp³-hybridized carbons (Fsp3) is 0.0588. The van der Waals surface area contributed by atoms with E-state index >= 15 is 0 Å². The molecule has 0 aliphatic carbocycles. The summed E-state index contributed by atoms with van der Waals surface area (Å²) in [7, 11) is 0. The van der Waals surface area contributed by atoms with Crippen molar-refractivity contribution in [1.82, 2.24) is 19.6 Å². The van der Waals surface area contributed by atoms with Crippen LogP contribution in [0.25, 0.3) is 27.8 Å². The van der Waals surface area contributed by atoms with Crippen molar-refractivity contribution in [3.63, 3.8) is 0 Å². The van der Waals surface area contributed by atoms with Gasteiger partial charge in [0.15, 0.2) is 11.3 Å². The molecule has 0 amide bonds. The minimum Gasteiger partial charge on any atom is -0.265 e. The van der Waals surface area contributed by atoms with E-state index in [-0.39, 0.29) is 17.4 Å². The zero-order valence-corrected chi connectivity index (χ0v) is 13.0. The van der Waals surface area contributed by atoms with Gasteiger partial charge in [-0.2, -0.15) is 14.6 Å². The van der Waals surface area contributed by atoms with Crippen LogP contribution in [0.2, 0.25) is 0 Å². The summed E-state index contributed by atoms with van der Waals surface area (Å²) in [6.07, 6.45) is 0. The smallest absolute Gasteiger partial charge is 0.265 e. The zero-order valence-electron chi connectivity index (χ0n) is 12.3. The highest BCUT2D eigenvalue weighted by Gasteiger charge is 2.14. The summed E-state index contributed by atoms with van der Waals surface area (Å²) in [6.45, 7) is 0. The average molecular weight is 341 g/mol. The van der Waals surface area contributed by atoms with Crippen molar-refractivity contribution in [3.8, 4) is 11.3 Å². The number of nitrogens with zero attached hydrogens (tertiary/aromatic N) is 4. The van der Waals surface area contributed by atoms with E-state index in [9.17, 15) is 9.18 Å². The van der Waals surface area contributed by atoms with Crippen LogP contribution in [0.5, 0.6) is 0 Å². The molecular weight excluding hydrogens is 331 g/mol. The van der Waals surface area contributed by atoms with Crippen LogP contribution in [-0.2, 0) is 5.88 Å². The number of halogens is 2. The van der Waals surface area contributed by atoms with Crippen LogP contribution in [0.15, 0.2) is 53.3 Å². The largest absolute Gasteiger partial charge is 0.300 e. The molecule has 0 aliphatic heterocycles. The standard InChI is InChI=1S/C17H10ClFN4O/c18-9-14-20-13-4-2-1-3-12(13)16-21-17(24)15(22-23(14)16)10-5-7-11(19)8-6-10/h1-8H,9H2. The lowest BCUT2D eigenvalue weighted by molar-refractivity contribution is 0.628. The van der Waals surface area contributed by atoms with Crippen LogP contribution in [0.4, 0.5) is 4.39 Å². The van der Waals surface area contributed by atoms with E-state index in [1.54, 1.807) is 0 Å². The Hall–Kier alpha value is -2.86. The van der Waals surface area contributed by atoms with Crippen molar-refractivity contribution in [2.45, 2.75) is 5.88 Å². The third kappa shape index (κ3) is 2.32. The molecule has 0 aliphatic rings. The first-order valence-electron chi connectivity index (χ1n) is 7.18. The second-order valence-electron chi connectivity index (χ2n) is 5.19. The van der Waals surface area contributed by atoms with E-state index in [0.717, 1.165) is 0 Å². The van der Waals surface area contributed by atoms with E-state index in [0.29, 0.717) is 27.9 Å². The molecule has 4 rings (SSSR count). The van der Waals surface area contributed by atoms with E-state index in [4.69, 9.17) is 11.6 Å². The van der Waals surface area contributed by atoms with Crippen molar-refractivity contribution < 1.29 is 4.39 Å². The number of rotatable bonds is 2. The lowest BCUT2D eigenvalue weighted by Crippen LogP contribution is -2.18. The van der Waals surface area contributed by atoms with E-state index < -0.39 is 5.56 Å². The van der Waals surface area contributed by atoms with Gasteiger partial charge in [0, 0.05) is 10.9 Å². The summed E-state index contributed by atoms with van der Waals surface area (Å²) in [6, 6.07) is 12.8. The van der Waals surface area contributed by atoms with Crippen molar-refractivity contribution >= 4 is 28.2 Å². The molecule has 0 saturated heterocycles. The number of alkyl halides is 1. The maximum Gasteiger partial charge on any atom is 0.300 e. The van der Waals surface area contributed by atoms with Gasteiger partial charge in [0.25, 0.3) is 5.56 Å². The van der Waals surface area contributed by atoms with Crippen molar-refractivity contribution in [1.29, 1.82) is 0 Å². The summed E-state index contributed by atoms with van der Waals surface area (Å²) in [5, 5.41) is 5.08. The zero-order chi connectivity index (χ0) is 16.7. The number of hydrogen-bond acceptors (Lipinski definition) is 4. The molecular formula is C17H10ClFN4O. The molecule has 5 nitrogen and oxygen atoms in total. The monoisotopic (exact) mass is 340 g/mol. The summed E-state index contributed by atoms with van der Waals surface area (Å²) in [5.74, 6) is 0.199. The Labute approximate surface area is 140 Å². The van der Waals surface area contributed by atoms with Gasteiger partial charge in [-0.3, -0.25) is 4.79 Å². The third-order valence-electron chi connectivity index (χ3n) is 3.69. The molecule has 24 heavy (non-hydrogen) atoms. The van der Waals surface area contributed by atoms with Crippen LogP contribution < -0.4 is 5.56 Å². The normalized spacial score (nSPS) is 11.2. The molecule has 0 radical (unpaired) electrons. The van der Waals surface area contributed by atoms with Gasteiger partial charge in [-0.05, 0) is 36.4 Å². The lowest BCUT2D eigenvalue weighted by atomic mass is 10.1. The molecule has 0 atom stereocenters. The van der Waals surface area contributed by atoms with E-state index in [1.165, 1.54) is 28.8 Å². The Morgan fingerprint density at radius 3 is 2.54 bits per heavy atom. The number of benzene rings is 2. The Balaban J connectivity index is 2.09. The van der Waals surface area contributed by atoms with Gasteiger partial charge in [0.1, 0.15) is 11.6 Å². The van der Waals surface area contributed by atoms with Crippen LogP contribution in [-0.4, -0.2) is 19.6 Å². The fourth-order valence-corrected chi connectivity index (χ4v) is 2.74. The highest BCUT2D eigenvalue weighted by molar-refractivity contribution is 6.16. The number of para-hydroxylation sites is 1. The van der Waals surface area contributed by atoms with Gasteiger partial charge in [-0.1, -0.05) is 12.1 Å². The van der Waals surface area contributed by atoms with Gasteiger partial charge in [-0.15, -0.1) is 11.6 Å². The summed E-state index contributed by atoms with van der Waals surface area (Å²) in [4.78, 5) is 21.1. The fourth-order valence-electron chi connectivity index (χ4n) is 2.56. The molecule has 7 heteroatoms. The molecule has 2 aromatic heterocycles. The second kappa shape index (κ2) is 5.65. The van der Waals surface area contributed by atoms with Crippen LogP contribution >= 0.6 is 11.6 Å². The molecule has 118 valence electrons. The van der Waals surface area contributed by atoms with E-state index in [1.807, 2.05) is 24.3 Å². The highest BCUT2D eigenvalue weighted by Crippen LogP contribution is 2.19. The molecule has 0 fully saturated rings. The maximum atomic E-state index is 13.1. The average Bonchev–Trinajstić information content (AvgIpc) is 2.61. The van der Waals surface area contributed by atoms with Crippen LogP contribution in [0.3, 0.4) is 0 Å². The van der Waals surface area contributed by atoms with Crippen molar-refractivity contribution in [2.24, 2.45) is 0 Å². The molecule has 0 saturated carbocycles. The molecule has 0 bridgehead atoms. The molecule has 2 heterocycles. The Kier molecular flexibility index (Phi) is 3.46. The predicted molar refractivity (Wildman–Crippen MR) is 89.5 cm³/mol. The number of hydrogen-bond donors (Lipinski definition) is 0. The maximum absolute atomic E-state index is 13.1. The van der Waals surface area contributed by atoms with Crippen LogP contribution in [0.1, 0.15) is 5.82 Å². The molecule has 2 aromatic carbocycles. The van der Waals surface area contributed by atoms with Gasteiger partial charge in [0.05, 0.1) is 11.4 Å². The first-order chi connectivity index (χ1) is 11.7. The topological polar surface area (TPSA) is 60.2 Å². The van der Waals surface area contributed by atoms with Gasteiger partial charge >= 0.3 is 0 Å². The van der Waals surface area contributed by atoms with Crippen LogP contribution in [0, 0.1) is 5.82 Å².